The average Bonchev–Trinajstić information content (AvgIpc) is 2.55. The summed E-state index contributed by atoms with van der Waals surface area (Å²) in [4.78, 5) is 0. The maximum atomic E-state index is 12.3. The molecule has 3 N–H and O–H groups in total. The number of aromatic hydroxyl groups is 1. The number of benzene rings is 1. The molecule has 0 saturated heterocycles. The van der Waals surface area contributed by atoms with Crippen LogP contribution in [0, 0.1) is 11.3 Å². The smallest absolute Gasteiger partial charge is 0.507 e. The number of rotatable bonds is 6. The van der Waals surface area contributed by atoms with Gasteiger partial charge in [-0.05, 0) is 25.0 Å². The van der Waals surface area contributed by atoms with Crippen molar-refractivity contribution in [2.75, 3.05) is 19.5 Å². The van der Waals surface area contributed by atoms with Crippen molar-refractivity contribution >= 4 is 5.82 Å². The van der Waals surface area contributed by atoms with Gasteiger partial charge in [0, 0.05) is 30.9 Å². The van der Waals surface area contributed by atoms with Gasteiger partial charge in [-0.15, -0.1) is 23.4 Å². The number of phenols is 1. The van der Waals surface area contributed by atoms with Gasteiger partial charge in [-0.25, -0.2) is 0 Å². The molecule has 0 unspecified atom stereocenters. The standard InChI is InChI=1S/C16H15F3N4O3/c1-25-6-2-3-10-12(8-20)15(21)23-22-14(10)11-5-4-9(7-13(11)24)26-16(17,18)19/h4-5,7,24H,2-3,6H2,1H3,(H2,21,23). The number of aromatic nitrogens is 2. The third kappa shape index (κ3) is 4.52. The zero-order chi connectivity index (χ0) is 19.3. The van der Waals surface area contributed by atoms with Crippen LogP contribution in [0.25, 0.3) is 11.3 Å². The van der Waals surface area contributed by atoms with E-state index in [1.54, 1.807) is 0 Å². The molecule has 0 aliphatic carbocycles. The molecule has 138 valence electrons. The van der Waals surface area contributed by atoms with Gasteiger partial charge >= 0.3 is 6.36 Å². The van der Waals surface area contributed by atoms with Crippen LogP contribution in [0.1, 0.15) is 17.5 Å². The number of phenolic OH excluding ortho intramolecular Hbond substituents is 1. The van der Waals surface area contributed by atoms with E-state index in [1.165, 1.54) is 13.2 Å². The molecule has 2 rings (SSSR count). The number of alkyl halides is 3. The van der Waals surface area contributed by atoms with Crippen molar-refractivity contribution in [2.45, 2.75) is 19.2 Å². The van der Waals surface area contributed by atoms with Crippen LogP contribution in [0.15, 0.2) is 18.2 Å². The summed E-state index contributed by atoms with van der Waals surface area (Å²) in [6, 6.07) is 4.99. The molecule has 1 heterocycles. The van der Waals surface area contributed by atoms with Crippen molar-refractivity contribution in [3.05, 3.63) is 29.3 Å². The number of hydrogen-bond acceptors (Lipinski definition) is 7. The summed E-state index contributed by atoms with van der Waals surface area (Å²) in [5, 5.41) is 27.0. The highest BCUT2D eigenvalue weighted by molar-refractivity contribution is 5.74. The molecule has 7 nitrogen and oxygen atoms in total. The van der Waals surface area contributed by atoms with Crippen molar-refractivity contribution in [1.29, 1.82) is 5.26 Å². The van der Waals surface area contributed by atoms with E-state index in [0.29, 0.717) is 25.0 Å². The highest BCUT2D eigenvalue weighted by atomic mass is 19.4. The van der Waals surface area contributed by atoms with E-state index < -0.39 is 17.9 Å². The minimum Gasteiger partial charge on any atom is -0.507 e. The lowest BCUT2D eigenvalue weighted by molar-refractivity contribution is -0.274. The summed E-state index contributed by atoms with van der Waals surface area (Å²) in [6.45, 7) is 0.414. The van der Waals surface area contributed by atoms with Crippen molar-refractivity contribution in [2.24, 2.45) is 0 Å². The van der Waals surface area contributed by atoms with Gasteiger partial charge in [0.2, 0.25) is 0 Å². The SMILES string of the molecule is COCCCc1c(-c2ccc(OC(F)(F)F)cc2O)nnc(N)c1C#N. The normalized spacial score (nSPS) is 11.2. The molecule has 10 heteroatoms. The number of nitriles is 1. The lowest BCUT2D eigenvalue weighted by atomic mass is 9.97. The molecule has 1 aromatic carbocycles. The molecular weight excluding hydrogens is 353 g/mol. The minimum atomic E-state index is -4.88. The molecule has 2 aromatic rings. The first-order valence-electron chi connectivity index (χ1n) is 7.40. The summed E-state index contributed by atoms with van der Waals surface area (Å²) >= 11 is 0. The summed E-state index contributed by atoms with van der Waals surface area (Å²) < 4.78 is 45.6. The largest absolute Gasteiger partial charge is 0.573 e. The Morgan fingerprint density at radius 2 is 2.04 bits per heavy atom. The summed E-state index contributed by atoms with van der Waals surface area (Å²) in [6.07, 6.45) is -3.99. The van der Waals surface area contributed by atoms with Crippen molar-refractivity contribution in [3.63, 3.8) is 0 Å². The van der Waals surface area contributed by atoms with Gasteiger partial charge in [0.15, 0.2) is 5.82 Å². The molecule has 1 aromatic heterocycles. The van der Waals surface area contributed by atoms with Crippen molar-refractivity contribution in [3.8, 4) is 28.8 Å². The number of methoxy groups -OCH3 is 1. The predicted octanol–water partition coefficient (Wildman–Crippen LogP) is 2.78. The Morgan fingerprint density at radius 3 is 2.62 bits per heavy atom. The van der Waals surface area contributed by atoms with Crippen LogP contribution in [-0.2, 0) is 11.2 Å². The maximum Gasteiger partial charge on any atom is 0.573 e. The van der Waals surface area contributed by atoms with Crippen LogP contribution in [-0.4, -0.2) is 35.4 Å². The molecule has 0 amide bonds. The average molecular weight is 368 g/mol. The first-order chi connectivity index (χ1) is 12.3. The Kier molecular flexibility index (Phi) is 5.84. The minimum absolute atomic E-state index is 0.0693. The van der Waals surface area contributed by atoms with Gasteiger partial charge in [0.05, 0.1) is 0 Å². The first kappa shape index (κ1) is 19.3. The van der Waals surface area contributed by atoms with E-state index in [-0.39, 0.29) is 22.6 Å². The number of ether oxygens (including phenoxy) is 2. The van der Waals surface area contributed by atoms with Gasteiger partial charge < -0.3 is 20.3 Å². The van der Waals surface area contributed by atoms with Crippen LogP contribution in [0.4, 0.5) is 19.0 Å². The number of halogens is 3. The molecule has 0 spiro atoms. The Bertz CT molecular complexity index is 835. The molecular formula is C16H15F3N4O3. The molecule has 0 aliphatic heterocycles. The monoisotopic (exact) mass is 368 g/mol. The number of nitrogen functional groups attached to an aromatic ring is 1. The molecule has 0 bridgehead atoms. The van der Waals surface area contributed by atoms with Gasteiger partial charge in [-0.2, -0.15) is 5.26 Å². The Labute approximate surface area is 146 Å². The lowest BCUT2D eigenvalue weighted by Gasteiger charge is -2.14. The van der Waals surface area contributed by atoms with E-state index >= 15 is 0 Å². The number of nitrogens with zero attached hydrogens (tertiary/aromatic N) is 3. The Balaban J connectivity index is 2.49. The van der Waals surface area contributed by atoms with E-state index in [1.807, 2.05) is 6.07 Å². The maximum absolute atomic E-state index is 12.3. The molecule has 0 atom stereocenters. The summed E-state index contributed by atoms with van der Waals surface area (Å²) in [5.41, 5.74) is 6.47. The van der Waals surface area contributed by atoms with E-state index in [4.69, 9.17) is 10.5 Å². The quantitative estimate of drug-likeness (QED) is 0.754. The van der Waals surface area contributed by atoms with Crippen LogP contribution < -0.4 is 10.5 Å². The summed E-state index contributed by atoms with van der Waals surface area (Å²) in [7, 11) is 1.52. The van der Waals surface area contributed by atoms with Gasteiger partial charge in [0.1, 0.15) is 28.8 Å². The van der Waals surface area contributed by atoms with Crippen LogP contribution in [0.5, 0.6) is 11.5 Å². The number of anilines is 1. The second-order valence-electron chi connectivity index (χ2n) is 5.22. The fourth-order valence-electron chi connectivity index (χ4n) is 2.37. The lowest BCUT2D eigenvalue weighted by Crippen LogP contribution is -2.17. The molecule has 0 saturated carbocycles. The molecule has 0 radical (unpaired) electrons. The predicted molar refractivity (Wildman–Crippen MR) is 85.1 cm³/mol. The second-order valence-corrected chi connectivity index (χ2v) is 5.22. The topological polar surface area (TPSA) is 114 Å². The van der Waals surface area contributed by atoms with Crippen molar-refractivity contribution in [1.82, 2.24) is 10.2 Å². The summed E-state index contributed by atoms with van der Waals surface area (Å²) in [5.74, 6) is -1.15. The van der Waals surface area contributed by atoms with E-state index in [2.05, 4.69) is 14.9 Å². The fraction of sp³-hybridized carbons (Fsp3) is 0.312. The van der Waals surface area contributed by atoms with Gasteiger partial charge in [-0.1, -0.05) is 0 Å². The molecule has 0 fully saturated rings. The van der Waals surface area contributed by atoms with Crippen LogP contribution in [0.2, 0.25) is 0 Å². The van der Waals surface area contributed by atoms with E-state index in [9.17, 15) is 23.5 Å². The van der Waals surface area contributed by atoms with Gasteiger partial charge in [-0.3, -0.25) is 0 Å². The van der Waals surface area contributed by atoms with E-state index in [0.717, 1.165) is 12.1 Å². The van der Waals surface area contributed by atoms with Crippen LogP contribution in [0.3, 0.4) is 0 Å². The highest BCUT2D eigenvalue weighted by Gasteiger charge is 2.31. The fourth-order valence-corrected chi connectivity index (χ4v) is 2.37. The first-order valence-corrected chi connectivity index (χ1v) is 7.40. The number of nitrogens with two attached hydrogens (primary N) is 1. The second kappa shape index (κ2) is 7.88. The van der Waals surface area contributed by atoms with Crippen LogP contribution >= 0.6 is 0 Å². The Hall–Kier alpha value is -3.06. The molecule has 0 aliphatic rings. The molecule has 26 heavy (non-hydrogen) atoms. The Morgan fingerprint density at radius 1 is 1.31 bits per heavy atom. The van der Waals surface area contributed by atoms with Crippen molar-refractivity contribution < 1.29 is 27.8 Å². The number of hydrogen-bond donors (Lipinski definition) is 2. The zero-order valence-electron chi connectivity index (χ0n) is 13.7. The third-order valence-electron chi connectivity index (χ3n) is 3.45. The van der Waals surface area contributed by atoms with Gasteiger partial charge in [0.25, 0.3) is 0 Å². The third-order valence-corrected chi connectivity index (χ3v) is 3.45. The highest BCUT2D eigenvalue weighted by Crippen LogP contribution is 2.36. The zero-order valence-corrected chi connectivity index (χ0v) is 13.7.